The molecule has 0 N–H and O–H groups in total. The van der Waals surface area contributed by atoms with E-state index < -0.39 is 7.37 Å². The largest absolute Gasteiger partial charge is 0.378 e. The number of hydrogen-bond acceptors (Lipinski definition) is 6. The van der Waals surface area contributed by atoms with E-state index in [4.69, 9.17) is 14.0 Å². The Bertz CT molecular complexity index is 743. The monoisotopic (exact) mass is 395 g/mol. The molecule has 27 heavy (non-hydrogen) atoms. The van der Waals surface area contributed by atoms with Crippen molar-refractivity contribution in [1.82, 2.24) is 15.0 Å². The van der Waals surface area contributed by atoms with Gasteiger partial charge >= 0.3 is 0 Å². The highest BCUT2D eigenvalue weighted by Gasteiger charge is 2.14. The Morgan fingerprint density at radius 2 is 1.78 bits per heavy atom. The van der Waals surface area contributed by atoms with Crippen LogP contribution in [0, 0.1) is 13.8 Å². The van der Waals surface area contributed by atoms with Gasteiger partial charge in [-0.15, -0.1) is 5.10 Å². The molecule has 0 bridgehead atoms. The highest BCUT2D eigenvalue weighted by molar-refractivity contribution is 7.58. The second-order valence-electron chi connectivity index (χ2n) is 6.72. The van der Waals surface area contributed by atoms with Crippen LogP contribution in [0.25, 0.3) is 0 Å². The molecule has 1 heterocycles. The first-order chi connectivity index (χ1) is 12.9. The summed E-state index contributed by atoms with van der Waals surface area (Å²) in [6.45, 7) is 10.5. The summed E-state index contributed by atoms with van der Waals surface area (Å²) in [6.07, 6.45) is 2.32. The number of rotatable bonds is 12. The predicted molar refractivity (Wildman–Crippen MR) is 106 cm³/mol. The molecule has 2 aromatic rings. The van der Waals surface area contributed by atoms with Crippen LogP contribution in [0.1, 0.15) is 29.3 Å². The van der Waals surface area contributed by atoms with Crippen LogP contribution >= 0.6 is 7.37 Å². The molecule has 0 saturated carbocycles. The molecular formula is C19H30N3O4P. The van der Waals surface area contributed by atoms with Crippen molar-refractivity contribution >= 4 is 7.37 Å². The molecule has 0 fully saturated rings. The van der Waals surface area contributed by atoms with E-state index in [9.17, 15) is 4.57 Å². The molecule has 1 atom stereocenters. The van der Waals surface area contributed by atoms with Crippen molar-refractivity contribution < 1.29 is 18.6 Å². The molecule has 0 aliphatic heterocycles. The lowest BCUT2D eigenvalue weighted by Crippen LogP contribution is -2.08. The van der Waals surface area contributed by atoms with E-state index >= 15 is 0 Å². The van der Waals surface area contributed by atoms with Crippen LogP contribution in [0.4, 0.5) is 0 Å². The maximum absolute atomic E-state index is 11.9. The minimum atomic E-state index is -2.52. The standard InChI is InChI=1S/C19H30N3O4P/c1-5-26-27(4,23)9-8-24-6-7-25-15-19-14-22(21-20-19)13-18-11-16(2)10-17(3)12-18/h10-12,14H,5-9,13,15H2,1-4H3. The highest BCUT2D eigenvalue weighted by Crippen LogP contribution is 2.41. The van der Waals surface area contributed by atoms with E-state index in [0.717, 1.165) is 5.69 Å². The van der Waals surface area contributed by atoms with Crippen LogP contribution in [0.3, 0.4) is 0 Å². The van der Waals surface area contributed by atoms with Gasteiger partial charge in [-0.25, -0.2) is 4.68 Å². The number of hydrogen-bond donors (Lipinski definition) is 0. The van der Waals surface area contributed by atoms with Gasteiger partial charge in [0.1, 0.15) is 5.69 Å². The van der Waals surface area contributed by atoms with Gasteiger partial charge in [0.05, 0.1) is 45.8 Å². The molecule has 150 valence electrons. The van der Waals surface area contributed by atoms with Crippen LogP contribution < -0.4 is 0 Å². The average molecular weight is 395 g/mol. The Morgan fingerprint density at radius 3 is 2.48 bits per heavy atom. The van der Waals surface area contributed by atoms with Crippen LogP contribution in [0.15, 0.2) is 24.4 Å². The second kappa shape index (κ2) is 10.7. The van der Waals surface area contributed by atoms with E-state index in [1.165, 1.54) is 16.7 Å². The molecule has 8 heteroatoms. The maximum Gasteiger partial charge on any atom is 0.202 e. The fourth-order valence-corrected chi connectivity index (χ4v) is 3.93. The minimum absolute atomic E-state index is 0.390. The van der Waals surface area contributed by atoms with Gasteiger partial charge in [-0.1, -0.05) is 34.5 Å². The lowest BCUT2D eigenvalue weighted by molar-refractivity contribution is 0.0441. The van der Waals surface area contributed by atoms with Gasteiger partial charge in [-0.05, 0) is 26.3 Å². The molecule has 0 amide bonds. The van der Waals surface area contributed by atoms with E-state index in [0.29, 0.717) is 45.7 Å². The molecule has 2 rings (SSSR count). The number of ether oxygens (including phenoxy) is 2. The Hall–Kier alpha value is -1.53. The van der Waals surface area contributed by atoms with E-state index in [2.05, 4.69) is 42.4 Å². The third-order valence-corrected chi connectivity index (χ3v) is 5.68. The molecule has 7 nitrogen and oxygen atoms in total. The van der Waals surface area contributed by atoms with Crippen molar-refractivity contribution in [3.63, 3.8) is 0 Å². The number of nitrogens with zero attached hydrogens (tertiary/aromatic N) is 3. The summed E-state index contributed by atoms with van der Waals surface area (Å²) in [6, 6.07) is 6.47. The van der Waals surface area contributed by atoms with Crippen molar-refractivity contribution in [1.29, 1.82) is 0 Å². The van der Waals surface area contributed by atoms with Crippen molar-refractivity contribution in [3.05, 3.63) is 46.8 Å². The Labute approximate surface area is 161 Å². The second-order valence-corrected chi connectivity index (χ2v) is 9.46. The van der Waals surface area contributed by atoms with Gasteiger partial charge in [-0.3, -0.25) is 4.57 Å². The maximum atomic E-state index is 11.9. The summed E-state index contributed by atoms with van der Waals surface area (Å²) >= 11 is 0. The first kappa shape index (κ1) is 21.8. The number of benzene rings is 1. The summed E-state index contributed by atoms with van der Waals surface area (Å²) in [5, 5.41) is 8.29. The third-order valence-electron chi connectivity index (χ3n) is 3.88. The Kier molecular flexibility index (Phi) is 8.64. The summed E-state index contributed by atoms with van der Waals surface area (Å²) in [4.78, 5) is 0. The molecule has 0 saturated heterocycles. The fourth-order valence-electron chi connectivity index (χ4n) is 2.79. The quantitative estimate of drug-likeness (QED) is 0.405. The predicted octanol–water partition coefficient (Wildman–Crippen LogP) is 3.42. The van der Waals surface area contributed by atoms with Crippen molar-refractivity contribution in [3.8, 4) is 0 Å². The van der Waals surface area contributed by atoms with Gasteiger partial charge in [-0.2, -0.15) is 0 Å². The van der Waals surface area contributed by atoms with Gasteiger partial charge < -0.3 is 14.0 Å². The van der Waals surface area contributed by atoms with E-state index in [1.807, 2.05) is 17.8 Å². The minimum Gasteiger partial charge on any atom is -0.378 e. The summed E-state index contributed by atoms with van der Waals surface area (Å²) in [5.74, 6) is 0. The first-order valence-corrected chi connectivity index (χ1v) is 11.5. The van der Waals surface area contributed by atoms with Gasteiger partial charge in [0, 0.05) is 12.8 Å². The zero-order chi connectivity index (χ0) is 19.7. The Morgan fingerprint density at radius 1 is 1.07 bits per heavy atom. The topological polar surface area (TPSA) is 75.5 Å². The molecule has 1 unspecified atom stereocenters. The van der Waals surface area contributed by atoms with Gasteiger partial charge in [0.2, 0.25) is 7.37 Å². The summed E-state index contributed by atoms with van der Waals surface area (Å²) in [5.41, 5.74) is 4.48. The molecule has 0 spiro atoms. The van der Waals surface area contributed by atoms with Crippen LogP contribution in [0.5, 0.6) is 0 Å². The zero-order valence-electron chi connectivity index (χ0n) is 16.7. The average Bonchev–Trinajstić information content (AvgIpc) is 3.00. The van der Waals surface area contributed by atoms with Gasteiger partial charge in [0.15, 0.2) is 0 Å². The molecule has 0 aliphatic rings. The lowest BCUT2D eigenvalue weighted by atomic mass is 10.1. The molecule has 0 aliphatic carbocycles. The normalized spacial score (nSPS) is 13.6. The third kappa shape index (κ3) is 8.35. The van der Waals surface area contributed by atoms with E-state index in [-0.39, 0.29) is 0 Å². The molecule has 1 aromatic heterocycles. The zero-order valence-corrected chi connectivity index (χ0v) is 17.6. The van der Waals surface area contributed by atoms with Crippen molar-refractivity contribution in [2.45, 2.75) is 33.9 Å². The van der Waals surface area contributed by atoms with E-state index in [1.54, 1.807) is 6.66 Å². The fraction of sp³-hybridized carbons (Fsp3) is 0.579. The van der Waals surface area contributed by atoms with Gasteiger partial charge in [0.25, 0.3) is 0 Å². The van der Waals surface area contributed by atoms with Crippen molar-refractivity contribution in [2.75, 3.05) is 39.3 Å². The summed E-state index contributed by atoms with van der Waals surface area (Å²) in [7, 11) is -2.52. The number of aromatic nitrogens is 3. The smallest absolute Gasteiger partial charge is 0.202 e. The number of aryl methyl sites for hydroxylation is 2. The van der Waals surface area contributed by atoms with Crippen LogP contribution in [-0.4, -0.2) is 54.2 Å². The molecule has 1 aromatic carbocycles. The van der Waals surface area contributed by atoms with Crippen LogP contribution in [0.2, 0.25) is 0 Å². The highest BCUT2D eigenvalue weighted by atomic mass is 31.2. The Balaban J connectivity index is 1.64. The molecule has 0 radical (unpaired) electrons. The first-order valence-electron chi connectivity index (χ1n) is 9.20. The lowest BCUT2D eigenvalue weighted by Gasteiger charge is -2.12. The molecular weight excluding hydrogens is 365 g/mol. The van der Waals surface area contributed by atoms with Crippen LogP contribution in [-0.2, 0) is 31.7 Å². The SMILES string of the molecule is CCOP(C)(=O)CCOCCOCc1cn(Cc2cc(C)cc(C)c2)nn1. The van der Waals surface area contributed by atoms with Crippen molar-refractivity contribution in [2.24, 2.45) is 0 Å². The summed E-state index contributed by atoms with van der Waals surface area (Å²) < 4.78 is 29.9.